The van der Waals surface area contributed by atoms with Crippen LogP contribution in [0, 0.1) is 5.92 Å². The van der Waals surface area contributed by atoms with Crippen LogP contribution in [0.4, 0.5) is 0 Å². The molecule has 3 rings (SSSR count). The van der Waals surface area contributed by atoms with Crippen LogP contribution in [0.5, 0.6) is 0 Å². The standard InChI is InChI=1S/C19H29N3O3S/c1-3-20-10-12-22(13-11-20)26(24,25)18-8-4-7-17(14-18)19(23)21-9-5-6-16(2)15-21/h4,7-8,14,16H,3,5-6,9-13,15H2,1-2H3. The first-order valence-electron chi connectivity index (χ1n) is 9.53. The van der Waals surface area contributed by atoms with Crippen molar-refractivity contribution in [3.63, 3.8) is 0 Å². The van der Waals surface area contributed by atoms with Crippen LogP contribution in [0.15, 0.2) is 29.2 Å². The normalized spacial score (nSPS) is 23.2. The summed E-state index contributed by atoms with van der Waals surface area (Å²) in [5, 5.41) is 0. The topological polar surface area (TPSA) is 60.9 Å². The molecule has 1 unspecified atom stereocenters. The van der Waals surface area contributed by atoms with E-state index in [1.165, 1.54) is 4.31 Å². The molecule has 0 aliphatic carbocycles. The fraction of sp³-hybridized carbons (Fsp3) is 0.632. The lowest BCUT2D eigenvalue weighted by Crippen LogP contribution is -2.48. The van der Waals surface area contributed by atoms with Crippen LogP contribution in [0.25, 0.3) is 0 Å². The number of likely N-dealkylation sites (tertiary alicyclic amines) is 1. The molecule has 0 saturated carbocycles. The van der Waals surface area contributed by atoms with E-state index in [-0.39, 0.29) is 10.8 Å². The van der Waals surface area contributed by atoms with E-state index in [4.69, 9.17) is 0 Å². The summed E-state index contributed by atoms with van der Waals surface area (Å²) >= 11 is 0. The predicted octanol–water partition coefficient (Wildman–Crippen LogP) is 1.88. The van der Waals surface area contributed by atoms with Gasteiger partial charge in [0.2, 0.25) is 10.0 Å². The Bertz CT molecular complexity index is 742. The third-order valence-corrected chi connectivity index (χ3v) is 7.34. The number of sulfonamides is 1. The zero-order valence-corrected chi connectivity index (χ0v) is 16.5. The van der Waals surface area contributed by atoms with E-state index in [2.05, 4.69) is 18.7 Å². The van der Waals surface area contributed by atoms with Crippen molar-refractivity contribution < 1.29 is 13.2 Å². The van der Waals surface area contributed by atoms with E-state index in [1.54, 1.807) is 24.3 Å². The first-order chi connectivity index (χ1) is 12.4. The van der Waals surface area contributed by atoms with Crippen LogP contribution in [0.2, 0.25) is 0 Å². The fourth-order valence-electron chi connectivity index (χ4n) is 3.78. The van der Waals surface area contributed by atoms with Gasteiger partial charge < -0.3 is 9.80 Å². The molecule has 1 aromatic rings. The van der Waals surface area contributed by atoms with Crippen molar-refractivity contribution in [3.8, 4) is 0 Å². The number of piperidine rings is 1. The summed E-state index contributed by atoms with van der Waals surface area (Å²) < 4.78 is 27.5. The minimum Gasteiger partial charge on any atom is -0.338 e. The molecule has 26 heavy (non-hydrogen) atoms. The fourth-order valence-corrected chi connectivity index (χ4v) is 5.25. The van der Waals surface area contributed by atoms with Gasteiger partial charge in [0.1, 0.15) is 0 Å². The number of benzene rings is 1. The van der Waals surface area contributed by atoms with Gasteiger partial charge in [0.25, 0.3) is 5.91 Å². The molecular formula is C19H29N3O3S. The zero-order valence-electron chi connectivity index (χ0n) is 15.7. The highest BCUT2D eigenvalue weighted by Gasteiger charge is 2.29. The zero-order chi connectivity index (χ0) is 18.7. The van der Waals surface area contributed by atoms with Crippen LogP contribution in [-0.4, -0.2) is 74.2 Å². The van der Waals surface area contributed by atoms with Gasteiger partial charge in [0.15, 0.2) is 0 Å². The van der Waals surface area contributed by atoms with Crippen LogP contribution in [-0.2, 0) is 10.0 Å². The number of amides is 1. The number of piperazine rings is 1. The van der Waals surface area contributed by atoms with E-state index in [0.29, 0.717) is 24.6 Å². The van der Waals surface area contributed by atoms with E-state index in [9.17, 15) is 13.2 Å². The minimum absolute atomic E-state index is 0.0654. The molecule has 6 nitrogen and oxygen atoms in total. The van der Waals surface area contributed by atoms with E-state index in [1.807, 2.05) is 4.90 Å². The predicted molar refractivity (Wildman–Crippen MR) is 102 cm³/mol. The summed E-state index contributed by atoms with van der Waals surface area (Å²) in [4.78, 5) is 17.1. The molecule has 1 aromatic carbocycles. The molecule has 0 spiro atoms. The summed E-state index contributed by atoms with van der Waals surface area (Å²) in [5.74, 6) is 0.430. The molecule has 2 aliphatic rings. The second-order valence-electron chi connectivity index (χ2n) is 7.36. The summed E-state index contributed by atoms with van der Waals surface area (Å²) in [6.45, 7) is 9.16. The van der Waals surface area contributed by atoms with E-state index < -0.39 is 10.0 Å². The smallest absolute Gasteiger partial charge is 0.253 e. The summed E-state index contributed by atoms with van der Waals surface area (Å²) in [6, 6.07) is 6.53. The number of carbonyl (C=O) groups is 1. The highest BCUT2D eigenvalue weighted by molar-refractivity contribution is 7.89. The Labute approximate surface area is 156 Å². The highest BCUT2D eigenvalue weighted by Crippen LogP contribution is 2.22. The molecular weight excluding hydrogens is 350 g/mol. The molecule has 0 radical (unpaired) electrons. The molecule has 0 N–H and O–H groups in total. The Morgan fingerprint density at radius 2 is 1.88 bits per heavy atom. The van der Waals surface area contributed by atoms with Crippen LogP contribution < -0.4 is 0 Å². The lowest BCUT2D eigenvalue weighted by molar-refractivity contribution is 0.0683. The van der Waals surface area contributed by atoms with Gasteiger partial charge in [-0.2, -0.15) is 4.31 Å². The van der Waals surface area contributed by atoms with Crippen LogP contribution in [0.1, 0.15) is 37.0 Å². The molecule has 1 amide bonds. The molecule has 2 fully saturated rings. The first-order valence-corrected chi connectivity index (χ1v) is 11.0. The van der Waals surface area contributed by atoms with Gasteiger partial charge >= 0.3 is 0 Å². The van der Waals surface area contributed by atoms with Crippen molar-refractivity contribution in [2.75, 3.05) is 45.8 Å². The number of hydrogen-bond acceptors (Lipinski definition) is 4. The van der Waals surface area contributed by atoms with Crippen LogP contribution >= 0.6 is 0 Å². The van der Waals surface area contributed by atoms with Gasteiger partial charge in [0.05, 0.1) is 4.90 Å². The third-order valence-electron chi connectivity index (χ3n) is 5.44. The summed E-state index contributed by atoms with van der Waals surface area (Å²) in [5.41, 5.74) is 0.465. The maximum atomic E-state index is 13.0. The second-order valence-corrected chi connectivity index (χ2v) is 9.30. The van der Waals surface area contributed by atoms with Gasteiger partial charge in [0, 0.05) is 44.8 Å². The van der Waals surface area contributed by atoms with Crippen molar-refractivity contribution in [2.45, 2.75) is 31.6 Å². The maximum absolute atomic E-state index is 13.0. The number of hydrogen-bond donors (Lipinski definition) is 0. The quantitative estimate of drug-likeness (QED) is 0.801. The highest BCUT2D eigenvalue weighted by atomic mass is 32.2. The van der Waals surface area contributed by atoms with E-state index in [0.717, 1.165) is 45.6 Å². The van der Waals surface area contributed by atoms with Crippen molar-refractivity contribution >= 4 is 15.9 Å². The Morgan fingerprint density at radius 3 is 2.54 bits per heavy atom. The Balaban J connectivity index is 1.77. The molecule has 1 atom stereocenters. The maximum Gasteiger partial charge on any atom is 0.253 e. The molecule has 7 heteroatoms. The lowest BCUT2D eigenvalue weighted by Gasteiger charge is -2.33. The van der Waals surface area contributed by atoms with Crippen molar-refractivity contribution in [1.29, 1.82) is 0 Å². The Morgan fingerprint density at radius 1 is 1.15 bits per heavy atom. The molecule has 0 aromatic heterocycles. The average molecular weight is 380 g/mol. The second kappa shape index (κ2) is 8.06. The van der Waals surface area contributed by atoms with Gasteiger partial charge in [-0.25, -0.2) is 8.42 Å². The van der Waals surface area contributed by atoms with E-state index >= 15 is 0 Å². The average Bonchev–Trinajstić information content (AvgIpc) is 2.67. The lowest BCUT2D eigenvalue weighted by atomic mass is 9.99. The molecule has 2 saturated heterocycles. The molecule has 0 bridgehead atoms. The Hall–Kier alpha value is -1.44. The van der Waals surface area contributed by atoms with Gasteiger partial charge in [-0.15, -0.1) is 0 Å². The number of nitrogens with zero attached hydrogens (tertiary/aromatic N) is 3. The Kier molecular flexibility index (Phi) is 5.99. The van der Waals surface area contributed by atoms with Crippen molar-refractivity contribution in [2.24, 2.45) is 5.92 Å². The third kappa shape index (κ3) is 4.10. The van der Waals surface area contributed by atoms with Gasteiger partial charge in [-0.1, -0.05) is 19.9 Å². The number of carbonyl (C=O) groups excluding carboxylic acids is 1. The van der Waals surface area contributed by atoms with Crippen molar-refractivity contribution in [1.82, 2.24) is 14.1 Å². The van der Waals surface area contributed by atoms with Gasteiger partial charge in [-0.05, 0) is 43.5 Å². The minimum atomic E-state index is -3.56. The number of likely N-dealkylation sites (N-methyl/N-ethyl adjacent to an activating group) is 1. The van der Waals surface area contributed by atoms with Crippen LogP contribution in [0.3, 0.4) is 0 Å². The monoisotopic (exact) mass is 379 g/mol. The van der Waals surface area contributed by atoms with Gasteiger partial charge in [-0.3, -0.25) is 4.79 Å². The SMILES string of the molecule is CCN1CCN(S(=O)(=O)c2cccc(C(=O)N3CCCC(C)C3)c2)CC1. The molecule has 2 aliphatic heterocycles. The van der Waals surface area contributed by atoms with Crippen molar-refractivity contribution in [3.05, 3.63) is 29.8 Å². The first kappa shape index (κ1) is 19.3. The molecule has 2 heterocycles. The largest absolute Gasteiger partial charge is 0.338 e. The summed E-state index contributed by atoms with van der Waals surface area (Å²) in [6.07, 6.45) is 2.15. The summed E-state index contributed by atoms with van der Waals surface area (Å²) in [7, 11) is -3.56. The number of rotatable bonds is 4. The molecule has 144 valence electrons.